The molecule has 0 atom stereocenters. The maximum absolute atomic E-state index is 10.3. The van der Waals surface area contributed by atoms with Gasteiger partial charge in [0.1, 0.15) is 6.29 Å². The maximum atomic E-state index is 10.3. The summed E-state index contributed by atoms with van der Waals surface area (Å²) in [6.45, 7) is 2.01. The molecule has 0 saturated heterocycles. The fourth-order valence-corrected chi connectivity index (χ4v) is 1.19. The number of hydrogen-bond donors (Lipinski definition) is 0. The minimum atomic E-state index is 0.686. The lowest BCUT2D eigenvalue weighted by molar-refractivity contribution is 0.112. The van der Waals surface area contributed by atoms with Gasteiger partial charge >= 0.3 is 0 Å². The van der Waals surface area contributed by atoms with Gasteiger partial charge in [-0.1, -0.05) is 24.6 Å². The molecule has 0 aliphatic rings. The van der Waals surface area contributed by atoms with Crippen LogP contribution in [0.15, 0.2) is 18.2 Å². The summed E-state index contributed by atoms with van der Waals surface area (Å²) >= 11 is 5.84. The van der Waals surface area contributed by atoms with E-state index in [1.165, 1.54) is 0 Å². The van der Waals surface area contributed by atoms with Crippen LogP contribution in [0.4, 0.5) is 0 Å². The number of benzene rings is 1. The van der Waals surface area contributed by atoms with Crippen LogP contribution in [0.2, 0.25) is 5.02 Å². The highest BCUT2D eigenvalue weighted by molar-refractivity contribution is 6.31. The molecule has 0 amide bonds. The highest BCUT2D eigenvalue weighted by Crippen LogP contribution is 2.16. The summed E-state index contributed by atoms with van der Waals surface area (Å²) in [5, 5.41) is 0.734. The molecule has 1 aromatic carbocycles. The molecule has 0 spiro atoms. The summed E-state index contributed by atoms with van der Waals surface area (Å²) in [7, 11) is 0. The van der Waals surface area contributed by atoms with Crippen LogP contribution in [0.1, 0.15) is 22.8 Å². The van der Waals surface area contributed by atoms with E-state index in [2.05, 4.69) is 0 Å². The van der Waals surface area contributed by atoms with Gasteiger partial charge in [0.15, 0.2) is 0 Å². The zero-order valence-electron chi connectivity index (χ0n) is 6.30. The summed E-state index contributed by atoms with van der Waals surface area (Å²) in [5.41, 5.74) is 1.71. The van der Waals surface area contributed by atoms with E-state index < -0.39 is 0 Å². The van der Waals surface area contributed by atoms with Crippen molar-refractivity contribution in [1.82, 2.24) is 0 Å². The van der Waals surface area contributed by atoms with Crippen LogP contribution in [0, 0.1) is 0 Å². The molecule has 58 valence electrons. The van der Waals surface area contributed by atoms with Gasteiger partial charge in [0, 0.05) is 10.6 Å². The van der Waals surface area contributed by atoms with E-state index in [4.69, 9.17) is 11.6 Å². The highest BCUT2D eigenvalue weighted by atomic mass is 35.5. The lowest BCUT2D eigenvalue weighted by atomic mass is 10.1. The fourth-order valence-electron chi connectivity index (χ4n) is 0.939. The van der Waals surface area contributed by atoms with E-state index in [0.29, 0.717) is 5.56 Å². The summed E-state index contributed by atoms with van der Waals surface area (Å²) in [5.74, 6) is 0. The quantitative estimate of drug-likeness (QED) is 0.621. The molecule has 0 N–H and O–H groups in total. The summed E-state index contributed by atoms with van der Waals surface area (Å²) in [6, 6.07) is 5.29. The molecule has 11 heavy (non-hydrogen) atoms. The van der Waals surface area contributed by atoms with Gasteiger partial charge in [-0.15, -0.1) is 0 Å². The largest absolute Gasteiger partial charge is 0.298 e. The molecule has 0 bridgehead atoms. The van der Waals surface area contributed by atoms with Gasteiger partial charge in [0.05, 0.1) is 0 Å². The summed E-state index contributed by atoms with van der Waals surface area (Å²) < 4.78 is 0. The molecule has 1 nitrogen and oxygen atoms in total. The SMILES string of the molecule is CCc1cc(C=O)ccc1Cl. The van der Waals surface area contributed by atoms with E-state index >= 15 is 0 Å². The van der Waals surface area contributed by atoms with Crippen molar-refractivity contribution in [3.63, 3.8) is 0 Å². The van der Waals surface area contributed by atoms with E-state index in [9.17, 15) is 4.79 Å². The second-order valence-electron chi connectivity index (χ2n) is 2.32. The fraction of sp³-hybridized carbons (Fsp3) is 0.222. The van der Waals surface area contributed by atoms with Crippen LogP contribution in [-0.2, 0) is 6.42 Å². The zero-order valence-corrected chi connectivity index (χ0v) is 7.06. The molecular formula is C9H9ClO. The molecule has 0 aliphatic heterocycles. The van der Waals surface area contributed by atoms with Crippen molar-refractivity contribution in [2.45, 2.75) is 13.3 Å². The first-order valence-electron chi connectivity index (χ1n) is 3.51. The predicted octanol–water partition coefficient (Wildman–Crippen LogP) is 2.71. The second kappa shape index (κ2) is 3.54. The topological polar surface area (TPSA) is 17.1 Å². The van der Waals surface area contributed by atoms with E-state index in [-0.39, 0.29) is 0 Å². The van der Waals surface area contributed by atoms with Gasteiger partial charge in [-0.3, -0.25) is 4.79 Å². The summed E-state index contributed by atoms with van der Waals surface area (Å²) in [6.07, 6.45) is 1.69. The average molecular weight is 169 g/mol. The minimum absolute atomic E-state index is 0.686. The molecule has 0 radical (unpaired) electrons. The van der Waals surface area contributed by atoms with Crippen molar-refractivity contribution >= 4 is 17.9 Å². The first-order chi connectivity index (χ1) is 5.27. The Morgan fingerprint density at radius 2 is 2.27 bits per heavy atom. The predicted molar refractivity (Wildman–Crippen MR) is 46.2 cm³/mol. The lowest BCUT2D eigenvalue weighted by Gasteiger charge is -1.99. The number of carbonyl (C=O) groups is 1. The van der Waals surface area contributed by atoms with Crippen LogP contribution >= 0.6 is 11.6 Å². The Balaban J connectivity index is 3.12. The van der Waals surface area contributed by atoms with Crippen molar-refractivity contribution in [2.75, 3.05) is 0 Å². The Hall–Kier alpha value is -0.820. The maximum Gasteiger partial charge on any atom is 0.150 e. The van der Waals surface area contributed by atoms with Crippen molar-refractivity contribution in [1.29, 1.82) is 0 Å². The average Bonchev–Trinajstić information content (AvgIpc) is 2.05. The van der Waals surface area contributed by atoms with Crippen LogP contribution < -0.4 is 0 Å². The van der Waals surface area contributed by atoms with Crippen LogP contribution in [0.3, 0.4) is 0 Å². The van der Waals surface area contributed by atoms with Crippen molar-refractivity contribution < 1.29 is 4.79 Å². The van der Waals surface area contributed by atoms with Crippen LogP contribution in [0.25, 0.3) is 0 Å². The normalized spacial score (nSPS) is 9.64. The molecule has 1 rings (SSSR count). The first-order valence-corrected chi connectivity index (χ1v) is 3.89. The Labute approximate surface area is 71.0 Å². The number of halogens is 1. The molecule has 0 unspecified atom stereocenters. The Bertz CT molecular complexity index is 268. The van der Waals surface area contributed by atoms with Crippen LogP contribution in [0.5, 0.6) is 0 Å². The molecule has 1 aromatic rings. The van der Waals surface area contributed by atoms with Crippen molar-refractivity contribution in [3.8, 4) is 0 Å². The Morgan fingerprint density at radius 1 is 1.55 bits per heavy atom. The number of carbonyl (C=O) groups excluding carboxylic acids is 1. The van der Waals surface area contributed by atoms with Gasteiger partial charge < -0.3 is 0 Å². The third-order valence-electron chi connectivity index (χ3n) is 1.59. The lowest BCUT2D eigenvalue weighted by Crippen LogP contribution is -1.85. The van der Waals surface area contributed by atoms with Crippen molar-refractivity contribution in [3.05, 3.63) is 34.3 Å². The number of hydrogen-bond acceptors (Lipinski definition) is 1. The van der Waals surface area contributed by atoms with Gasteiger partial charge in [0.25, 0.3) is 0 Å². The molecule has 0 saturated carbocycles. The molecule has 0 aliphatic carbocycles. The zero-order chi connectivity index (χ0) is 8.27. The molecular weight excluding hydrogens is 160 g/mol. The number of rotatable bonds is 2. The number of aryl methyl sites for hydroxylation is 1. The minimum Gasteiger partial charge on any atom is -0.298 e. The highest BCUT2D eigenvalue weighted by Gasteiger charge is 1.97. The first kappa shape index (κ1) is 8.28. The monoisotopic (exact) mass is 168 g/mol. The van der Waals surface area contributed by atoms with E-state index in [1.54, 1.807) is 12.1 Å². The molecule has 2 heteroatoms. The van der Waals surface area contributed by atoms with E-state index in [0.717, 1.165) is 23.3 Å². The van der Waals surface area contributed by atoms with Crippen LogP contribution in [-0.4, -0.2) is 6.29 Å². The summed E-state index contributed by atoms with van der Waals surface area (Å²) in [4.78, 5) is 10.3. The Kier molecular flexibility index (Phi) is 2.66. The number of aldehydes is 1. The van der Waals surface area contributed by atoms with E-state index in [1.807, 2.05) is 13.0 Å². The van der Waals surface area contributed by atoms with Crippen molar-refractivity contribution in [2.24, 2.45) is 0 Å². The molecule has 0 heterocycles. The smallest absolute Gasteiger partial charge is 0.150 e. The van der Waals surface area contributed by atoms with Gasteiger partial charge in [0.2, 0.25) is 0 Å². The third kappa shape index (κ3) is 1.81. The molecule has 0 aromatic heterocycles. The second-order valence-corrected chi connectivity index (χ2v) is 2.73. The van der Waals surface area contributed by atoms with Gasteiger partial charge in [-0.05, 0) is 24.1 Å². The standard InChI is InChI=1S/C9H9ClO/c1-2-8-5-7(6-11)3-4-9(8)10/h3-6H,2H2,1H3. The molecule has 0 fully saturated rings. The third-order valence-corrected chi connectivity index (χ3v) is 1.96. The van der Waals surface area contributed by atoms with Gasteiger partial charge in [-0.25, -0.2) is 0 Å². The van der Waals surface area contributed by atoms with Gasteiger partial charge in [-0.2, -0.15) is 0 Å². The Morgan fingerprint density at radius 3 is 2.82 bits per heavy atom.